The molecule has 0 aromatic heterocycles. The molecule has 2 atom stereocenters. The minimum atomic E-state index is -0.326. The third kappa shape index (κ3) is 5.21. The van der Waals surface area contributed by atoms with Gasteiger partial charge in [-0.1, -0.05) is 6.07 Å². The minimum absolute atomic E-state index is 0.0485. The zero-order valence-corrected chi connectivity index (χ0v) is 14.1. The van der Waals surface area contributed by atoms with Crippen molar-refractivity contribution in [3.8, 4) is 0 Å². The summed E-state index contributed by atoms with van der Waals surface area (Å²) in [6, 6.07) is 4.48. The number of amides is 1. The van der Waals surface area contributed by atoms with Crippen LogP contribution >= 0.6 is 15.9 Å². The molecule has 0 spiro atoms. The largest absolute Gasteiger partial charge is 0.350 e. The van der Waals surface area contributed by atoms with Crippen molar-refractivity contribution >= 4 is 21.8 Å². The highest BCUT2D eigenvalue weighted by Gasteiger charge is 2.21. The molecule has 1 rings (SSSR count). The lowest BCUT2D eigenvalue weighted by atomic mass is 10.1. The zero-order chi connectivity index (χ0) is 15.5. The molecule has 112 valence electrons. The van der Waals surface area contributed by atoms with Gasteiger partial charge in [0.2, 0.25) is 5.91 Å². The second kappa shape index (κ2) is 6.68. The van der Waals surface area contributed by atoms with Crippen LogP contribution in [0.15, 0.2) is 22.7 Å². The van der Waals surface area contributed by atoms with Crippen LogP contribution < -0.4 is 10.6 Å². The quantitative estimate of drug-likeness (QED) is 0.876. The molecular weight excluding hydrogens is 323 g/mol. The Balaban J connectivity index is 2.67. The molecule has 0 aliphatic rings. The van der Waals surface area contributed by atoms with E-state index in [0.717, 1.165) is 5.56 Å². The van der Waals surface area contributed by atoms with Gasteiger partial charge in [-0.2, -0.15) is 0 Å². The topological polar surface area (TPSA) is 41.1 Å². The molecule has 0 radical (unpaired) electrons. The Kier molecular flexibility index (Phi) is 5.71. The van der Waals surface area contributed by atoms with E-state index in [2.05, 4.69) is 26.6 Å². The SMILES string of the molecule is CC(NC(C)c1ccc(F)c(Br)c1)C(=O)NC(C)(C)C. The van der Waals surface area contributed by atoms with Gasteiger partial charge in [-0.3, -0.25) is 10.1 Å². The summed E-state index contributed by atoms with van der Waals surface area (Å²) in [7, 11) is 0. The zero-order valence-electron chi connectivity index (χ0n) is 12.6. The fourth-order valence-electron chi connectivity index (χ4n) is 1.81. The molecule has 0 saturated heterocycles. The first-order valence-electron chi connectivity index (χ1n) is 6.63. The Morgan fingerprint density at radius 1 is 1.30 bits per heavy atom. The molecule has 1 amide bonds. The van der Waals surface area contributed by atoms with Crippen LogP contribution in [-0.4, -0.2) is 17.5 Å². The summed E-state index contributed by atoms with van der Waals surface area (Å²) in [4.78, 5) is 12.0. The first-order chi connectivity index (χ1) is 9.10. The van der Waals surface area contributed by atoms with E-state index in [1.807, 2.05) is 34.6 Å². The number of carbonyl (C=O) groups excluding carboxylic acids is 1. The van der Waals surface area contributed by atoms with Crippen LogP contribution in [0.4, 0.5) is 4.39 Å². The van der Waals surface area contributed by atoms with Gasteiger partial charge in [0.25, 0.3) is 0 Å². The van der Waals surface area contributed by atoms with E-state index in [9.17, 15) is 9.18 Å². The van der Waals surface area contributed by atoms with Crippen LogP contribution in [0.2, 0.25) is 0 Å². The Morgan fingerprint density at radius 3 is 2.40 bits per heavy atom. The monoisotopic (exact) mass is 344 g/mol. The lowest BCUT2D eigenvalue weighted by Gasteiger charge is -2.25. The van der Waals surface area contributed by atoms with Gasteiger partial charge in [0.15, 0.2) is 0 Å². The molecule has 0 bridgehead atoms. The summed E-state index contributed by atoms with van der Waals surface area (Å²) < 4.78 is 13.6. The number of carbonyl (C=O) groups is 1. The highest BCUT2D eigenvalue weighted by Crippen LogP contribution is 2.21. The van der Waals surface area contributed by atoms with Crippen molar-refractivity contribution in [3.63, 3.8) is 0 Å². The highest BCUT2D eigenvalue weighted by atomic mass is 79.9. The molecule has 3 nitrogen and oxygen atoms in total. The number of benzene rings is 1. The van der Waals surface area contributed by atoms with Crippen molar-refractivity contribution in [1.29, 1.82) is 0 Å². The van der Waals surface area contributed by atoms with Gasteiger partial charge in [-0.05, 0) is 68.2 Å². The first kappa shape index (κ1) is 17.1. The molecule has 1 aromatic rings. The molecule has 20 heavy (non-hydrogen) atoms. The minimum Gasteiger partial charge on any atom is -0.350 e. The molecular formula is C15H22BrFN2O. The fourth-order valence-corrected chi connectivity index (χ4v) is 2.20. The maximum absolute atomic E-state index is 13.2. The van der Waals surface area contributed by atoms with Crippen LogP contribution in [0, 0.1) is 5.82 Å². The van der Waals surface area contributed by atoms with E-state index < -0.39 is 0 Å². The number of hydrogen-bond donors (Lipinski definition) is 2. The number of hydrogen-bond acceptors (Lipinski definition) is 2. The summed E-state index contributed by atoms with van der Waals surface area (Å²) in [5.74, 6) is -0.343. The summed E-state index contributed by atoms with van der Waals surface area (Å²) >= 11 is 3.17. The van der Waals surface area contributed by atoms with Crippen LogP contribution in [0.5, 0.6) is 0 Å². The third-order valence-electron chi connectivity index (χ3n) is 2.84. The predicted octanol–water partition coefficient (Wildman–Crippen LogP) is 3.54. The van der Waals surface area contributed by atoms with E-state index in [-0.39, 0.29) is 29.3 Å². The summed E-state index contributed by atoms with van der Waals surface area (Å²) in [5, 5.41) is 6.14. The Morgan fingerprint density at radius 2 is 1.90 bits per heavy atom. The van der Waals surface area contributed by atoms with Gasteiger partial charge >= 0.3 is 0 Å². The third-order valence-corrected chi connectivity index (χ3v) is 3.44. The lowest BCUT2D eigenvalue weighted by Crippen LogP contribution is -2.49. The lowest BCUT2D eigenvalue weighted by molar-refractivity contribution is -0.124. The van der Waals surface area contributed by atoms with Gasteiger partial charge in [0.05, 0.1) is 10.5 Å². The molecule has 0 aliphatic heterocycles. The Hall–Kier alpha value is -0.940. The van der Waals surface area contributed by atoms with Crippen LogP contribution in [0.25, 0.3) is 0 Å². The van der Waals surface area contributed by atoms with Crippen LogP contribution in [-0.2, 0) is 4.79 Å². The fraction of sp³-hybridized carbons (Fsp3) is 0.533. The molecule has 2 unspecified atom stereocenters. The van der Waals surface area contributed by atoms with E-state index in [1.54, 1.807) is 12.1 Å². The highest BCUT2D eigenvalue weighted by molar-refractivity contribution is 9.10. The van der Waals surface area contributed by atoms with Crippen molar-refractivity contribution in [2.75, 3.05) is 0 Å². The number of rotatable bonds is 4. The maximum atomic E-state index is 13.2. The van der Waals surface area contributed by atoms with Crippen molar-refractivity contribution < 1.29 is 9.18 Å². The second-order valence-electron chi connectivity index (χ2n) is 6.02. The summed E-state index contributed by atoms with van der Waals surface area (Å²) in [6.45, 7) is 9.59. The normalized spacial score (nSPS) is 14.8. The van der Waals surface area contributed by atoms with E-state index >= 15 is 0 Å². The van der Waals surface area contributed by atoms with Crippen molar-refractivity contribution in [2.45, 2.75) is 52.2 Å². The Bertz CT molecular complexity index is 485. The second-order valence-corrected chi connectivity index (χ2v) is 6.88. The van der Waals surface area contributed by atoms with Crippen molar-refractivity contribution in [1.82, 2.24) is 10.6 Å². The van der Waals surface area contributed by atoms with Crippen LogP contribution in [0.3, 0.4) is 0 Å². The molecule has 0 heterocycles. The van der Waals surface area contributed by atoms with E-state index in [0.29, 0.717) is 4.47 Å². The van der Waals surface area contributed by atoms with Crippen LogP contribution in [0.1, 0.15) is 46.2 Å². The van der Waals surface area contributed by atoms with E-state index in [1.165, 1.54) is 6.07 Å². The molecule has 0 saturated carbocycles. The van der Waals surface area contributed by atoms with Gasteiger partial charge in [-0.25, -0.2) is 4.39 Å². The van der Waals surface area contributed by atoms with Gasteiger partial charge in [0, 0.05) is 11.6 Å². The smallest absolute Gasteiger partial charge is 0.237 e. The molecule has 2 N–H and O–H groups in total. The van der Waals surface area contributed by atoms with E-state index in [4.69, 9.17) is 0 Å². The molecule has 0 fully saturated rings. The summed E-state index contributed by atoms with van der Waals surface area (Å²) in [5.41, 5.74) is 0.670. The van der Waals surface area contributed by atoms with Gasteiger partial charge < -0.3 is 5.32 Å². The average molecular weight is 345 g/mol. The average Bonchev–Trinajstić information content (AvgIpc) is 2.30. The Labute approximate surface area is 128 Å². The first-order valence-corrected chi connectivity index (χ1v) is 7.42. The van der Waals surface area contributed by atoms with Crippen molar-refractivity contribution in [2.24, 2.45) is 0 Å². The molecule has 0 aliphatic carbocycles. The number of halogens is 2. The summed E-state index contributed by atoms with van der Waals surface area (Å²) in [6.07, 6.45) is 0. The maximum Gasteiger partial charge on any atom is 0.237 e. The van der Waals surface area contributed by atoms with Crippen molar-refractivity contribution in [3.05, 3.63) is 34.1 Å². The predicted molar refractivity (Wildman–Crippen MR) is 83.0 cm³/mol. The molecule has 1 aromatic carbocycles. The van der Waals surface area contributed by atoms with Gasteiger partial charge in [0.1, 0.15) is 5.82 Å². The van der Waals surface area contributed by atoms with Gasteiger partial charge in [-0.15, -0.1) is 0 Å². The number of nitrogens with one attached hydrogen (secondary N) is 2. The molecule has 5 heteroatoms. The standard InChI is InChI=1S/C15H22BrFN2O/c1-9(11-6-7-13(17)12(16)8-11)18-10(2)14(20)19-15(3,4)5/h6-10,18H,1-5H3,(H,19,20).